The predicted molar refractivity (Wildman–Crippen MR) is 137 cm³/mol. The van der Waals surface area contributed by atoms with Crippen LogP contribution in [-0.2, 0) is 25.4 Å². The lowest BCUT2D eigenvalue weighted by Crippen LogP contribution is -2.27. The highest BCUT2D eigenvalue weighted by Crippen LogP contribution is 2.44. The smallest absolute Gasteiger partial charge is 0.138 e. The van der Waals surface area contributed by atoms with Crippen LogP contribution in [0.1, 0.15) is 51.7 Å². The number of hydrogen-bond acceptors (Lipinski definition) is 4. The van der Waals surface area contributed by atoms with Crippen molar-refractivity contribution < 1.29 is 5.11 Å². The number of aromatic hydroxyl groups is 1. The maximum absolute atomic E-state index is 10.3. The SMILES string of the molecule is Cn1cnnc1C(C)(C)Cc1c(SC(C)(C)C)c2cc(O)ccc2n1Cc1ccc(Cl)cc1. The quantitative estimate of drug-likeness (QED) is 0.315. The molecule has 0 unspecified atom stereocenters. The van der Waals surface area contributed by atoms with E-state index >= 15 is 0 Å². The van der Waals surface area contributed by atoms with Crippen LogP contribution < -0.4 is 0 Å². The third kappa shape index (κ3) is 5.07. The van der Waals surface area contributed by atoms with Gasteiger partial charge in [-0.3, -0.25) is 0 Å². The minimum Gasteiger partial charge on any atom is -0.508 e. The Morgan fingerprint density at radius 2 is 1.73 bits per heavy atom. The van der Waals surface area contributed by atoms with Gasteiger partial charge in [-0.05, 0) is 35.9 Å². The van der Waals surface area contributed by atoms with Gasteiger partial charge in [0.15, 0.2) is 0 Å². The first-order valence-electron chi connectivity index (χ1n) is 11.1. The standard InChI is InChI=1S/C26H31ClN4OS/c1-25(2,3)33-23-20-13-19(32)11-12-21(20)31(15-17-7-9-18(27)10-8-17)22(23)14-26(4,5)24-29-28-16-30(24)6/h7-13,16,32H,14-15H2,1-6H3. The molecule has 0 amide bonds. The van der Waals surface area contributed by atoms with E-state index in [-0.39, 0.29) is 15.9 Å². The maximum Gasteiger partial charge on any atom is 0.138 e. The summed E-state index contributed by atoms with van der Waals surface area (Å²) in [5.41, 5.74) is 3.28. The molecular formula is C26H31ClN4OS. The second kappa shape index (κ2) is 8.73. The number of benzene rings is 2. The van der Waals surface area contributed by atoms with E-state index in [1.54, 1.807) is 12.4 Å². The van der Waals surface area contributed by atoms with Crippen molar-refractivity contribution in [2.75, 3.05) is 0 Å². The molecule has 0 saturated carbocycles. The Morgan fingerprint density at radius 1 is 1.03 bits per heavy atom. The molecule has 0 aliphatic carbocycles. The Balaban J connectivity index is 1.93. The van der Waals surface area contributed by atoms with Gasteiger partial charge in [-0.15, -0.1) is 22.0 Å². The molecule has 0 aliphatic heterocycles. The molecular weight excluding hydrogens is 452 g/mol. The minimum atomic E-state index is -0.243. The molecule has 0 spiro atoms. The zero-order valence-corrected chi connectivity index (χ0v) is 21.6. The summed E-state index contributed by atoms with van der Waals surface area (Å²) < 4.78 is 4.38. The van der Waals surface area contributed by atoms with E-state index in [0.29, 0.717) is 6.54 Å². The minimum absolute atomic E-state index is 0.00845. The summed E-state index contributed by atoms with van der Waals surface area (Å²) in [5.74, 6) is 1.22. The second-order valence-corrected chi connectivity index (χ2v) is 12.5. The van der Waals surface area contributed by atoms with E-state index in [9.17, 15) is 5.11 Å². The second-order valence-electron chi connectivity index (χ2n) is 10.2. The largest absolute Gasteiger partial charge is 0.508 e. The molecule has 4 aromatic rings. The molecule has 0 atom stereocenters. The average Bonchev–Trinajstić information content (AvgIpc) is 3.26. The number of thioether (sulfide) groups is 1. The zero-order valence-electron chi connectivity index (χ0n) is 20.1. The third-order valence-electron chi connectivity index (χ3n) is 5.69. The molecule has 0 bridgehead atoms. The first kappa shape index (κ1) is 23.7. The highest BCUT2D eigenvalue weighted by atomic mass is 35.5. The lowest BCUT2D eigenvalue weighted by Gasteiger charge is -2.26. The van der Waals surface area contributed by atoms with Gasteiger partial charge in [0.25, 0.3) is 0 Å². The Kier molecular flexibility index (Phi) is 6.27. The summed E-state index contributed by atoms with van der Waals surface area (Å²) in [6, 6.07) is 13.7. The van der Waals surface area contributed by atoms with Crippen molar-refractivity contribution in [3.63, 3.8) is 0 Å². The molecule has 1 N–H and O–H groups in total. The summed E-state index contributed by atoms with van der Waals surface area (Å²) in [4.78, 5) is 1.21. The van der Waals surface area contributed by atoms with Crippen molar-refractivity contribution in [1.29, 1.82) is 0 Å². The molecule has 7 heteroatoms. The van der Waals surface area contributed by atoms with Crippen LogP contribution >= 0.6 is 23.4 Å². The van der Waals surface area contributed by atoms with E-state index in [4.69, 9.17) is 11.6 Å². The lowest BCUT2D eigenvalue weighted by molar-refractivity contribution is 0.452. The average molecular weight is 483 g/mol. The number of aryl methyl sites for hydroxylation is 1. The normalized spacial score (nSPS) is 12.6. The summed E-state index contributed by atoms with van der Waals surface area (Å²) in [6.07, 6.45) is 2.53. The van der Waals surface area contributed by atoms with Gasteiger partial charge in [-0.25, -0.2) is 0 Å². The van der Waals surface area contributed by atoms with Gasteiger partial charge >= 0.3 is 0 Å². The van der Waals surface area contributed by atoms with Crippen molar-refractivity contribution in [2.24, 2.45) is 7.05 Å². The van der Waals surface area contributed by atoms with Crippen LogP contribution in [0.3, 0.4) is 0 Å². The van der Waals surface area contributed by atoms with Crippen molar-refractivity contribution >= 4 is 34.3 Å². The van der Waals surface area contributed by atoms with Gasteiger partial charge in [0.05, 0.1) is 0 Å². The Morgan fingerprint density at radius 3 is 2.33 bits per heavy atom. The van der Waals surface area contributed by atoms with Crippen molar-refractivity contribution in [1.82, 2.24) is 19.3 Å². The first-order chi connectivity index (χ1) is 15.4. The lowest BCUT2D eigenvalue weighted by atomic mass is 9.86. The van der Waals surface area contributed by atoms with E-state index in [2.05, 4.69) is 61.5 Å². The molecule has 2 aromatic carbocycles. The summed E-state index contributed by atoms with van der Waals surface area (Å²) in [6.45, 7) is 11.8. The molecule has 0 fully saturated rings. The van der Waals surface area contributed by atoms with Crippen molar-refractivity contribution in [3.05, 3.63) is 70.9 Å². The molecule has 0 aliphatic rings. The van der Waals surface area contributed by atoms with E-state index in [0.717, 1.165) is 28.2 Å². The van der Waals surface area contributed by atoms with Crippen LogP contribution in [0.5, 0.6) is 5.75 Å². The van der Waals surface area contributed by atoms with Gasteiger partial charge in [0.1, 0.15) is 17.9 Å². The van der Waals surface area contributed by atoms with Crippen LogP contribution in [0.2, 0.25) is 5.02 Å². The third-order valence-corrected chi connectivity index (χ3v) is 7.22. The van der Waals surface area contributed by atoms with Crippen LogP contribution in [0.25, 0.3) is 10.9 Å². The fourth-order valence-electron chi connectivity index (χ4n) is 4.31. The topological polar surface area (TPSA) is 55.9 Å². The number of phenolic OH excluding ortho intramolecular Hbond substituents is 1. The number of phenols is 1. The van der Waals surface area contributed by atoms with E-state index in [1.165, 1.54) is 16.2 Å². The molecule has 0 radical (unpaired) electrons. The maximum atomic E-state index is 10.3. The van der Waals surface area contributed by atoms with Crippen LogP contribution in [-0.4, -0.2) is 29.2 Å². The molecule has 2 heterocycles. The number of hydrogen-bond donors (Lipinski definition) is 1. The molecule has 33 heavy (non-hydrogen) atoms. The van der Waals surface area contributed by atoms with Gasteiger partial charge in [-0.2, -0.15) is 0 Å². The predicted octanol–water partition coefficient (Wildman–Crippen LogP) is 6.59. The Bertz CT molecular complexity index is 1280. The van der Waals surface area contributed by atoms with Crippen molar-refractivity contribution in [3.8, 4) is 5.75 Å². The van der Waals surface area contributed by atoms with Gasteiger partial charge in [0, 0.05) is 56.7 Å². The number of nitrogens with zero attached hydrogens (tertiary/aromatic N) is 4. The number of fused-ring (bicyclic) bond motifs is 1. The molecule has 4 rings (SSSR count). The van der Waals surface area contributed by atoms with Gasteiger partial charge in [-0.1, -0.05) is 58.4 Å². The fourth-order valence-corrected chi connectivity index (χ4v) is 5.62. The van der Waals surface area contributed by atoms with Crippen LogP contribution in [0, 0.1) is 0 Å². The fraction of sp³-hybridized carbons (Fsp3) is 0.385. The summed E-state index contributed by atoms with van der Waals surface area (Å²) in [5, 5.41) is 20.7. The Hall–Kier alpha value is -2.44. The number of rotatable bonds is 6. The van der Waals surface area contributed by atoms with Crippen molar-refractivity contribution in [2.45, 2.75) is 62.6 Å². The van der Waals surface area contributed by atoms with Gasteiger partial charge in [0.2, 0.25) is 0 Å². The highest BCUT2D eigenvalue weighted by molar-refractivity contribution is 8.00. The van der Waals surface area contributed by atoms with Gasteiger partial charge < -0.3 is 14.2 Å². The number of aromatic nitrogens is 4. The molecule has 5 nitrogen and oxygen atoms in total. The van der Waals surface area contributed by atoms with Crippen LogP contribution in [0.15, 0.2) is 53.7 Å². The first-order valence-corrected chi connectivity index (χ1v) is 12.3. The van der Waals surface area contributed by atoms with E-state index in [1.807, 2.05) is 47.6 Å². The summed E-state index contributed by atoms with van der Waals surface area (Å²) in [7, 11) is 1.99. The Labute approximate surface area is 204 Å². The summed E-state index contributed by atoms with van der Waals surface area (Å²) >= 11 is 7.99. The van der Waals surface area contributed by atoms with Crippen LogP contribution in [0.4, 0.5) is 0 Å². The zero-order chi connectivity index (χ0) is 24.0. The highest BCUT2D eigenvalue weighted by Gasteiger charge is 2.32. The molecule has 174 valence electrons. The molecule has 0 saturated heterocycles. The molecule has 2 aromatic heterocycles. The van der Waals surface area contributed by atoms with E-state index < -0.39 is 0 Å². The number of halogens is 1. The monoisotopic (exact) mass is 482 g/mol.